The van der Waals surface area contributed by atoms with E-state index in [0.29, 0.717) is 19.5 Å². The number of carbonyl (C=O) groups excluding carboxylic acids is 2. The third kappa shape index (κ3) is 3.48. The predicted octanol–water partition coefficient (Wildman–Crippen LogP) is 3.61. The van der Waals surface area contributed by atoms with Gasteiger partial charge >= 0.3 is 0 Å². The quantitative estimate of drug-likeness (QED) is 0.834. The molecule has 0 spiro atoms. The largest absolute Gasteiger partial charge is 0.342 e. The molecule has 1 saturated heterocycles. The number of rotatable bonds is 4. The molecule has 4 rings (SSSR count). The maximum absolute atomic E-state index is 12.8. The normalized spacial score (nSPS) is 22.0. The number of amides is 2. The van der Waals surface area contributed by atoms with Crippen molar-refractivity contribution in [1.82, 2.24) is 9.80 Å². The van der Waals surface area contributed by atoms with Gasteiger partial charge in [-0.2, -0.15) is 0 Å². The first-order valence-corrected chi connectivity index (χ1v) is 9.77. The van der Waals surface area contributed by atoms with Gasteiger partial charge in [-0.3, -0.25) is 9.59 Å². The van der Waals surface area contributed by atoms with Crippen molar-refractivity contribution in [2.45, 2.75) is 38.1 Å². The second-order valence-electron chi connectivity index (χ2n) is 7.98. The van der Waals surface area contributed by atoms with Gasteiger partial charge in [-0.25, -0.2) is 0 Å². The number of benzene rings is 2. The first-order valence-electron chi connectivity index (χ1n) is 9.77. The minimum Gasteiger partial charge on any atom is -0.342 e. The van der Waals surface area contributed by atoms with Crippen molar-refractivity contribution >= 4 is 11.8 Å². The third-order valence-corrected chi connectivity index (χ3v) is 6.01. The molecule has 0 saturated carbocycles. The zero-order valence-corrected chi connectivity index (χ0v) is 15.9. The van der Waals surface area contributed by atoms with Crippen molar-refractivity contribution in [3.63, 3.8) is 0 Å². The van der Waals surface area contributed by atoms with E-state index in [1.165, 1.54) is 5.56 Å². The van der Waals surface area contributed by atoms with Crippen LogP contribution in [0.3, 0.4) is 0 Å². The van der Waals surface area contributed by atoms with Crippen LogP contribution in [0.2, 0.25) is 0 Å². The lowest BCUT2D eigenvalue weighted by molar-refractivity contribution is -0.133. The Bertz CT molecular complexity index is 848. The molecular weight excluding hydrogens is 336 g/mol. The minimum absolute atomic E-state index is 0.00880. The van der Waals surface area contributed by atoms with Crippen LogP contribution in [0.5, 0.6) is 0 Å². The number of hydrogen-bond acceptors (Lipinski definition) is 2. The first-order chi connectivity index (χ1) is 13.1. The Hall–Kier alpha value is -2.62. The van der Waals surface area contributed by atoms with Crippen molar-refractivity contribution in [3.05, 3.63) is 71.3 Å². The Kier molecular flexibility index (Phi) is 4.73. The lowest BCUT2D eigenvalue weighted by Crippen LogP contribution is -2.47. The van der Waals surface area contributed by atoms with E-state index >= 15 is 0 Å². The molecule has 27 heavy (non-hydrogen) atoms. The molecular formula is C23H26N2O2. The molecule has 140 valence electrons. The fourth-order valence-electron chi connectivity index (χ4n) is 4.41. The van der Waals surface area contributed by atoms with Gasteiger partial charge in [0.15, 0.2) is 0 Å². The minimum atomic E-state index is 0.00880. The Morgan fingerprint density at radius 1 is 1.07 bits per heavy atom. The number of likely N-dealkylation sites (tertiary alicyclic amines) is 1. The standard InChI is InChI=1S/C23H26N2O2/c1-23(19-9-3-2-4-10-19)13-7-14-25(17-23)21(26)12-15-24-16-18-8-5-6-11-20(18)22(24)27/h2-6,8-11H,7,12-17H2,1H3/t23-/m0/s1. The number of piperidine rings is 1. The highest BCUT2D eigenvalue weighted by Crippen LogP contribution is 2.33. The van der Waals surface area contributed by atoms with Crippen LogP contribution in [0.15, 0.2) is 54.6 Å². The molecule has 2 amide bonds. The second kappa shape index (κ2) is 7.18. The van der Waals surface area contributed by atoms with Gasteiger partial charge in [0.25, 0.3) is 5.91 Å². The van der Waals surface area contributed by atoms with E-state index in [0.717, 1.165) is 37.1 Å². The molecule has 0 bridgehead atoms. The van der Waals surface area contributed by atoms with Crippen LogP contribution >= 0.6 is 0 Å². The van der Waals surface area contributed by atoms with Crippen LogP contribution in [0.1, 0.15) is 47.7 Å². The molecule has 2 aliphatic heterocycles. The highest BCUT2D eigenvalue weighted by atomic mass is 16.2. The number of fused-ring (bicyclic) bond motifs is 1. The highest BCUT2D eigenvalue weighted by molar-refractivity contribution is 5.98. The molecule has 4 heteroatoms. The summed E-state index contributed by atoms with van der Waals surface area (Å²) in [5.41, 5.74) is 3.14. The van der Waals surface area contributed by atoms with Crippen molar-refractivity contribution in [2.75, 3.05) is 19.6 Å². The van der Waals surface area contributed by atoms with E-state index in [1.807, 2.05) is 35.2 Å². The molecule has 2 aromatic carbocycles. The predicted molar refractivity (Wildman–Crippen MR) is 105 cm³/mol. The van der Waals surface area contributed by atoms with E-state index < -0.39 is 0 Å². The van der Waals surface area contributed by atoms with E-state index in [9.17, 15) is 9.59 Å². The molecule has 1 atom stereocenters. The number of hydrogen-bond donors (Lipinski definition) is 0. The fraction of sp³-hybridized carbons (Fsp3) is 0.391. The number of carbonyl (C=O) groups is 2. The summed E-state index contributed by atoms with van der Waals surface area (Å²) in [5, 5.41) is 0. The average molecular weight is 362 g/mol. The summed E-state index contributed by atoms with van der Waals surface area (Å²) in [5.74, 6) is 0.201. The van der Waals surface area contributed by atoms with E-state index in [-0.39, 0.29) is 17.2 Å². The molecule has 0 aliphatic carbocycles. The molecule has 2 heterocycles. The zero-order valence-electron chi connectivity index (χ0n) is 15.9. The smallest absolute Gasteiger partial charge is 0.254 e. The summed E-state index contributed by atoms with van der Waals surface area (Å²) in [6.07, 6.45) is 2.51. The average Bonchev–Trinajstić information content (AvgIpc) is 3.03. The first kappa shape index (κ1) is 17.8. The Balaban J connectivity index is 1.37. The maximum atomic E-state index is 12.8. The SMILES string of the molecule is C[C@]1(c2ccccc2)CCCN(C(=O)CCN2Cc3ccccc3C2=O)C1. The Labute approximate surface area is 160 Å². The Morgan fingerprint density at radius 3 is 2.59 bits per heavy atom. The zero-order chi connectivity index (χ0) is 18.9. The van der Waals surface area contributed by atoms with Crippen molar-refractivity contribution in [1.29, 1.82) is 0 Å². The molecule has 0 unspecified atom stereocenters. The summed E-state index contributed by atoms with van der Waals surface area (Å²) >= 11 is 0. The molecule has 0 N–H and O–H groups in total. The Morgan fingerprint density at radius 2 is 1.81 bits per heavy atom. The van der Waals surface area contributed by atoms with Crippen LogP contribution in [0.25, 0.3) is 0 Å². The number of nitrogens with zero attached hydrogens (tertiary/aromatic N) is 2. The van der Waals surface area contributed by atoms with Crippen molar-refractivity contribution in [3.8, 4) is 0 Å². The van der Waals surface area contributed by atoms with Crippen molar-refractivity contribution in [2.24, 2.45) is 0 Å². The maximum Gasteiger partial charge on any atom is 0.254 e. The fourth-order valence-corrected chi connectivity index (χ4v) is 4.41. The van der Waals surface area contributed by atoms with Gasteiger partial charge in [-0.15, -0.1) is 0 Å². The lowest BCUT2D eigenvalue weighted by atomic mass is 9.76. The summed E-state index contributed by atoms with van der Waals surface area (Å²) < 4.78 is 0. The molecule has 0 radical (unpaired) electrons. The van der Waals surface area contributed by atoms with Crippen LogP contribution in [0, 0.1) is 0 Å². The van der Waals surface area contributed by atoms with Gasteiger partial charge in [0.05, 0.1) is 0 Å². The van der Waals surface area contributed by atoms with Crippen LogP contribution < -0.4 is 0 Å². The monoisotopic (exact) mass is 362 g/mol. The lowest BCUT2D eigenvalue weighted by Gasteiger charge is -2.41. The highest BCUT2D eigenvalue weighted by Gasteiger charge is 2.35. The second-order valence-corrected chi connectivity index (χ2v) is 7.98. The summed E-state index contributed by atoms with van der Waals surface area (Å²) in [4.78, 5) is 29.1. The van der Waals surface area contributed by atoms with Crippen LogP contribution in [-0.2, 0) is 16.8 Å². The van der Waals surface area contributed by atoms with Gasteiger partial charge in [-0.05, 0) is 30.0 Å². The van der Waals surface area contributed by atoms with Gasteiger partial charge < -0.3 is 9.80 Å². The van der Waals surface area contributed by atoms with Gasteiger partial charge in [-0.1, -0.05) is 55.5 Å². The van der Waals surface area contributed by atoms with Gasteiger partial charge in [0.2, 0.25) is 5.91 Å². The van der Waals surface area contributed by atoms with Crippen molar-refractivity contribution < 1.29 is 9.59 Å². The third-order valence-electron chi connectivity index (χ3n) is 6.01. The van der Waals surface area contributed by atoms with Crippen LogP contribution in [-0.4, -0.2) is 41.2 Å². The summed E-state index contributed by atoms with van der Waals surface area (Å²) in [7, 11) is 0. The van der Waals surface area contributed by atoms with E-state index in [1.54, 1.807) is 4.90 Å². The summed E-state index contributed by atoms with van der Waals surface area (Å²) in [6, 6.07) is 18.2. The molecule has 1 fully saturated rings. The molecule has 2 aliphatic rings. The summed E-state index contributed by atoms with van der Waals surface area (Å²) in [6.45, 7) is 4.93. The molecule has 2 aromatic rings. The van der Waals surface area contributed by atoms with Gasteiger partial charge in [0, 0.05) is 43.6 Å². The molecule has 4 nitrogen and oxygen atoms in total. The van der Waals surface area contributed by atoms with Gasteiger partial charge in [0.1, 0.15) is 0 Å². The van der Waals surface area contributed by atoms with E-state index in [2.05, 4.69) is 31.2 Å². The topological polar surface area (TPSA) is 40.6 Å². The van der Waals surface area contributed by atoms with Crippen LogP contribution in [0.4, 0.5) is 0 Å². The van der Waals surface area contributed by atoms with E-state index in [4.69, 9.17) is 0 Å². The molecule has 0 aromatic heterocycles.